The van der Waals surface area contributed by atoms with E-state index in [2.05, 4.69) is 15.4 Å². The minimum absolute atomic E-state index is 0.0151. The van der Waals surface area contributed by atoms with Gasteiger partial charge in [0.05, 0.1) is 6.61 Å². The van der Waals surface area contributed by atoms with Crippen LogP contribution in [0.3, 0.4) is 0 Å². The normalized spacial score (nSPS) is 9.89. The number of aliphatic hydroxyl groups is 1. The predicted octanol–water partition coefficient (Wildman–Crippen LogP) is -0.00640. The van der Waals surface area contributed by atoms with Crippen molar-refractivity contribution in [1.29, 1.82) is 0 Å². The first kappa shape index (κ1) is 14.1. The SMILES string of the molecule is COCC(=O)Nc1ccc(C(=O)NCCO)cc1. The highest BCUT2D eigenvalue weighted by atomic mass is 16.5. The smallest absolute Gasteiger partial charge is 0.251 e. The monoisotopic (exact) mass is 252 g/mol. The maximum atomic E-state index is 11.5. The van der Waals surface area contributed by atoms with E-state index in [4.69, 9.17) is 5.11 Å². The molecule has 0 heterocycles. The van der Waals surface area contributed by atoms with Crippen molar-refractivity contribution in [2.75, 3.05) is 32.2 Å². The number of hydrogen-bond donors (Lipinski definition) is 3. The number of rotatable bonds is 6. The van der Waals surface area contributed by atoms with Crippen molar-refractivity contribution in [3.8, 4) is 0 Å². The van der Waals surface area contributed by atoms with Crippen molar-refractivity contribution in [2.24, 2.45) is 0 Å². The van der Waals surface area contributed by atoms with Crippen molar-refractivity contribution in [1.82, 2.24) is 5.32 Å². The molecule has 1 aromatic rings. The van der Waals surface area contributed by atoms with E-state index in [0.29, 0.717) is 11.3 Å². The van der Waals surface area contributed by atoms with Gasteiger partial charge in [0.15, 0.2) is 0 Å². The maximum Gasteiger partial charge on any atom is 0.251 e. The number of hydrogen-bond acceptors (Lipinski definition) is 4. The number of anilines is 1. The van der Waals surface area contributed by atoms with Gasteiger partial charge in [-0.2, -0.15) is 0 Å². The molecule has 0 aliphatic rings. The molecular weight excluding hydrogens is 236 g/mol. The average Bonchev–Trinajstić information content (AvgIpc) is 2.37. The zero-order chi connectivity index (χ0) is 13.4. The van der Waals surface area contributed by atoms with Crippen LogP contribution in [0.15, 0.2) is 24.3 Å². The largest absolute Gasteiger partial charge is 0.395 e. The summed E-state index contributed by atoms with van der Waals surface area (Å²) in [6, 6.07) is 6.44. The molecule has 0 fully saturated rings. The van der Waals surface area contributed by atoms with Crippen LogP contribution in [-0.4, -0.2) is 43.8 Å². The Morgan fingerprint density at radius 3 is 2.50 bits per heavy atom. The molecule has 0 radical (unpaired) electrons. The summed E-state index contributed by atoms with van der Waals surface area (Å²) in [6.45, 7) is 0.0980. The number of ether oxygens (including phenoxy) is 1. The van der Waals surface area contributed by atoms with E-state index < -0.39 is 0 Å². The van der Waals surface area contributed by atoms with Gasteiger partial charge in [0.1, 0.15) is 6.61 Å². The Labute approximate surface area is 105 Å². The first-order valence-electron chi connectivity index (χ1n) is 5.45. The van der Waals surface area contributed by atoms with E-state index >= 15 is 0 Å². The van der Waals surface area contributed by atoms with Gasteiger partial charge in [0.25, 0.3) is 5.91 Å². The Hall–Kier alpha value is -1.92. The van der Waals surface area contributed by atoms with Gasteiger partial charge in [-0.25, -0.2) is 0 Å². The third kappa shape index (κ3) is 4.52. The number of aliphatic hydroxyl groups excluding tert-OH is 1. The summed E-state index contributed by atoms with van der Waals surface area (Å²) in [5.74, 6) is -0.520. The van der Waals surface area contributed by atoms with E-state index in [9.17, 15) is 9.59 Å². The van der Waals surface area contributed by atoms with Gasteiger partial charge in [-0.1, -0.05) is 0 Å². The topological polar surface area (TPSA) is 87.7 Å². The molecule has 1 rings (SSSR count). The zero-order valence-corrected chi connectivity index (χ0v) is 10.1. The molecule has 6 heteroatoms. The summed E-state index contributed by atoms with van der Waals surface area (Å²) in [6.07, 6.45) is 0. The lowest BCUT2D eigenvalue weighted by Gasteiger charge is -2.06. The Bertz CT molecular complexity index is 403. The molecule has 0 aromatic heterocycles. The lowest BCUT2D eigenvalue weighted by Crippen LogP contribution is -2.26. The number of nitrogens with one attached hydrogen (secondary N) is 2. The third-order valence-corrected chi connectivity index (χ3v) is 2.10. The lowest BCUT2D eigenvalue weighted by molar-refractivity contribution is -0.119. The fourth-order valence-electron chi connectivity index (χ4n) is 1.30. The maximum absolute atomic E-state index is 11.5. The molecule has 2 amide bonds. The number of carbonyl (C=O) groups excluding carboxylic acids is 2. The summed E-state index contributed by atoms with van der Waals surface area (Å²) in [5.41, 5.74) is 1.06. The Morgan fingerprint density at radius 2 is 1.94 bits per heavy atom. The van der Waals surface area contributed by atoms with Crippen LogP contribution in [0.2, 0.25) is 0 Å². The summed E-state index contributed by atoms with van der Waals surface area (Å²) in [4.78, 5) is 22.7. The molecule has 3 N–H and O–H groups in total. The van der Waals surface area contributed by atoms with Crippen molar-refractivity contribution < 1.29 is 19.4 Å². The van der Waals surface area contributed by atoms with E-state index in [0.717, 1.165) is 0 Å². The van der Waals surface area contributed by atoms with Crippen molar-refractivity contribution >= 4 is 17.5 Å². The summed E-state index contributed by atoms with van der Waals surface area (Å²) >= 11 is 0. The van der Waals surface area contributed by atoms with Crippen molar-refractivity contribution in [3.05, 3.63) is 29.8 Å². The molecular formula is C12H16N2O4. The molecule has 0 saturated heterocycles. The van der Waals surface area contributed by atoms with Crippen LogP contribution in [0, 0.1) is 0 Å². The molecule has 0 unspecified atom stereocenters. The van der Waals surface area contributed by atoms with Crippen LogP contribution in [0.4, 0.5) is 5.69 Å². The van der Waals surface area contributed by atoms with E-state index in [-0.39, 0.29) is 31.6 Å². The molecule has 0 aliphatic carbocycles. The molecule has 0 aliphatic heterocycles. The minimum atomic E-state index is -0.265. The van der Waals surface area contributed by atoms with E-state index in [1.54, 1.807) is 24.3 Å². The molecule has 0 saturated carbocycles. The van der Waals surface area contributed by atoms with Gasteiger partial charge >= 0.3 is 0 Å². The highest BCUT2D eigenvalue weighted by Crippen LogP contribution is 2.09. The van der Waals surface area contributed by atoms with Crippen LogP contribution in [-0.2, 0) is 9.53 Å². The van der Waals surface area contributed by atoms with Gasteiger partial charge in [-0.05, 0) is 24.3 Å². The summed E-state index contributed by atoms with van der Waals surface area (Å²) in [5, 5.41) is 13.7. The zero-order valence-electron chi connectivity index (χ0n) is 10.1. The van der Waals surface area contributed by atoms with Crippen molar-refractivity contribution in [3.63, 3.8) is 0 Å². The molecule has 0 spiro atoms. The number of carbonyl (C=O) groups is 2. The van der Waals surface area contributed by atoms with Crippen LogP contribution in [0.5, 0.6) is 0 Å². The minimum Gasteiger partial charge on any atom is -0.395 e. The summed E-state index contributed by atoms with van der Waals surface area (Å²) < 4.78 is 4.68. The summed E-state index contributed by atoms with van der Waals surface area (Å²) in [7, 11) is 1.44. The quantitative estimate of drug-likeness (QED) is 0.664. The Balaban J connectivity index is 2.57. The Kier molecular flexibility index (Phi) is 5.83. The number of amides is 2. The van der Waals surface area contributed by atoms with Gasteiger partial charge in [0, 0.05) is 24.9 Å². The fraction of sp³-hybridized carbons (Fsp3) is 0.333. The van der Waals surface area contributed by atoms with Gasteiger partial charge in [0.2, 0.25) is 5.91 Å². The van der Waals surface area contributed by atoms with Crippen LogP contribution in [0.1, 0.15) is 10.4 Å². The second kappa shape index (κ2) is 7.41. The first-order valence-corrected chi connectivity index (χ1v) is 5.45. The van der Waals surface area contributed by atoms with Crippen LogP contribution in [0.25, 0.3) is 0 Å². The Morgan fingerprint density at radius 1 is 1.28 bits per heavy atom. The molecule has 1 aromatic carbocycles. The number of methoxy groups -OCH3 is 1. The van der Waals surface area contributed by atoms with Crippen LogP contribution < -0.4 is 10.6 Å². The van der Waals surface area contributed by atoms with Gasteiger partial charge < -0.3 is 20.5 Å². The van der Waals surface area contributed by atoms with Crippen LogP contribution >= 0.6 is 0 Å². The van der Waals surface area contributed by atoms with Gasteiger partial charge in [-0.3, -0.25) is 9.59 Å². The lowest BCUT2D eigenvalue weighted by atomic mass is 10.2. The molecule has 0 atom stereocenters. The second-order valence-electron chi connectivity index (χ2n) is 3.54. The van der Waals surface area contributed by atoms with Gasteiger partial charge in [-0.15, -0.1) is 0 Å². The fourth-order valence-corrected chi connectivity index (χ4v) is 1.30. The first-order chi connectivity index (χ1) is 8.67. The van der Waals surface area contributed by atoms with E-state index in [1.165, 1.54) is 7.11 Å². The average molecular weight is 252 g/mol. The van der Waals surface area contributed by atoms with E-state index in [1.807, 2.05) is 0 Å². The predicted molar refractivity (Wildman–Crippen MR) is 66.4 cm³/mol. The molecule has 98 valence electrons. The standard InChI is InChI=1S/C12H16N2O4/c1-18-8-11(16)14-10-4-2-9(3-5-10)12(17)13-6-7-15/h2-5,15H,6-8H2,1H3,(H,13,17)(H,14,16). The highest BCUT2D eigenvalue weighted by molar-refractivity contribution is 5.96. The highest BCUT2D eigenvalue weighted by Gasteiger charge is 2.05. The third-order valence-electron chi connectivity index (χ3n) is 2.10. The molecule has 18 heavy (non-hydrogen) atoms. The number of benzene rings is 1. The molecule has 6 nitrogen and oxygen atoms in total. The molecule has 0 bridgehead atoms. The van der Waals surface area contributed by atoms with Crippen molar-refractivity contribution in [2.45, 2.75) is 0 Å². The second-order valence-corrected chi connectivity index (χ2v) is 3.54.